The summed E-state index contributed by atoms with van der Waals surface area (Å²) in [7, 11) is 0. The van der Waals surface area contributed by atoms with Gasteiger partial charge in [-0.15, -0.1) is 0 Å². The molecule has 1 aliphatic rings. The van der Waals surface area contributed by atoms with Gasteiger partial charge < -0.3 is 10.4 Å². The first kappa shape index (κ1) is 16.9. The number of nitrogens with one attached hydrogen (secondary N) is 1. The molecule has 0 amide bonds. The molecule has 26 heavy (non-hydrogen) atoms. The van der Waals surface area contributed by atoms with E-state index in [2.05, 4.69) is 53.0 Å². The quantitative estimate of drug-likeness (QED) is 0.709. The second-order valence-electron chi connectivity index (χ2n) is 6.98. The molecular weight excluding hydrogens is 322 g/mol. The van der Waals surface area contributed by atoms with Crippen molar-refractivity contribution in [3.05, 3.63) is 83.2 Å². The third-order valence-corrected chi connectivity index (χ3v) is 5.18. The van der Waals surface area contributed by atoms with E-state index in [-0.39, 0.29) is 0 Å². The zero-order valence-corrected chi connectivity index (χ0v) is 14.9. The van der Waals surface area contributed by atoms with Crippen molar-refractivity contribution in [3.63, 3.8) is 0 Å². The third kappa shape index (κ3) is 3.81. The van der Waals surface area contributed by atoms with Gasteiger partial charge in [0.1, 0.15) is 5.75 Å². The van der Waals surface area contributed by atoms with Crippen molar-refractivity contribution in [2.75, 3.05) is 0 Å². The highest BCUT2D eigenvalue weighted by Crippen LogP contribution is 2.34. The molecule has 0 spiro atoms. The van der Waals surface area contributed by atoms with Gasteiger partial charge in [-0.05, 0) is 54.5 Å². The summed E-state index contributed by atoms with van der Waals surface area (Å²) in [6.45, 7) is 1.64. The molecule has 2 N–H and O–H groups in total. The van der Waals surface area contributed by atoms with Gasteiger partial charge in [0.15, 0.2) is 0 Å². The van der Waals surface area contributed by atoms with Crippen LogP contribution in [-0.2, 0) is 25.9 Å². The molecule has 2 aromatic carbocycles. The smallest absolute Gasteiger partial charge is 0.119 e. The summed E-state index contributed by atoms with van der Waals surface area (Å²) in [5, 5.41) is 18.4. The fourth-order valence-corrected chi connectivity index (χ4v) is 3.78. The normalized spacial score (nSPS) is 16.4. The largest absolute Gasteiger partial charge is 0.508 e. The Morgan fingerprint density at radius 1 is 1.08 bits per heavy atom. The second-order valence-corrected chi connectivity index (χ2v) is 6.98. The summed E-state index contributed by atoms with van der Waals surface area (Å²) >= 11 is 0. The van der Waals surface area contributed by atoms with Gasteiger partial charge in [0, 0.05) is 25.3 Å². The van der Waals surface area contributed by atoms with Gasteiger partial charge in [-0.3, -0.25) is 4.68 Å². The van der Waals surface area contributed by atoms with Crippen LogP contribution in [0.25, 0.3) is 0 Å². The highest BCUT2D eigenvalue weighted by molar-refractivity contribution is 5.42. The standard InChI is InChI=1S/C22H25N3O/c26-22-11-5-8-19-20(22)9-4-10-21(19)23-16-18-13-15-25(24-18)14-12-17-6-2-1-3-7-17/h1-3,5-8,11,13,15,21,23,26H,4,9-10,12,14,16H2. The third-order valence-electron chi connectivity index (χ3n) is 5.18. The average Bonchev–Trinajstić information content (AvgIpc) is 3.14. The van der Waals surface area contributed by atoms with Crippen molar-refractivity contribution in [2.24, 2.45) is 0 Å². The Labute approximate surface area is 154 Å². The maximum absolute atomic E-state index is 10.1. The van der Waals surface area contributed by atoms with Crippen LogP contribution in [0.5, 0.6) is 5.75 Å². The van der Waals surface area contributed by atoms with Crippen LogP contribution >= 0.6 is 0 Å². The van der Waals surface area contributed by atoms with Crippen LogP contribution in [0.4, 0.5) is 0 Å². The first-order valence-electron chi connectivity index (χ1n) is 9.40. The summed E-state index contributed by atoms with van der Waals surface area (Å²) < 4.78 is 2.02. The van der Waals surface area contributed by atoms with Crippen molar-refractivity contribution in [1.29, 1.82) is 0 Å². The lowest BCUT2D eigenvalue weighted by Gasteiger charge is -2.26. The highest BCUT2D eigenvalue weighted by atomic mass is 16.3. The van der Waals surface area contributed by atoms with Crippen molar-refractivity contribution >= 4 is 0 Å². The van der Waals surface area contributed by atoms with Crippen molar-refractivity contribution < 1.29 is 5.11 Å². The summed E-state index contributed by atoms with van der Waals surface area (Å²) in [6, 6.07) is 18.7. The van der Waals surface area contributed by atoms with Gasteiger partial charge in [-0.1, -0.05) is 42.5 Å². The van der Waals surface area contributed by atoms with Crippen molar-refractivity contribution in [1.82, 2.24) is 15.1 Å². The fraction of sp³-hybridized carbons (Fsp3) is 0.318. The van der Waals surface area contributed by atoms with Gasteiger partial charge in [0.25, 0.3) is 0 Å². The predicted molar refractivity (Wildman–Crippen MR) is 103 cm³/mol. The topological polar surface area (TPSA) is 50.1 Å². The minimum atomic E-state index is 0.292. The van der Waals surface area contributed by atoms with Gasteiger partial charge in [-0.25, -0.2) is 0 Å². The molecule has 0 saturated carbocycles. The Morgan fingerprint density at radius 2 is 1.96 bits per heavy atom. The minimum absolute atomic E-state index is 0.292. The molecular formula is C22H25N3O. The first-order valence-corrected chi connectivity index (χ1v) is 9.40. The summed E-state index contributed by atoms with van der Waals surface area (Å²) in [6.07, 6.45) is 6.22. The molecule has 1 aromatic heterocycles. The molecule has 0 saturated heterocycles. The maximum atomic E-state index is 10.1. The van der Waals surface area contributed by atoms with Crippen LogP contribution in [0.1, 0.15) is 41.3 Å². The van der Waals surface area contributed by atoms with Crippen LogP contribution in [0, 0.1) is 0 Å². The van der Waals surface area contributed by atoms with Gasteiger partial charge >= 0.3 is 0 Å². The Kier molecular flexibility index (Phi) is 5.02. The van der Waals surface area contributed by atoms with Gasteiger partial charge in [-0.2, -0.15) is 5.10 Å². The van der Waals surface area contributed by atoms with E-state index in [4.69, 9.17) is 0 Å². The Morgan fingerprint density at radius 3 is 2.85 bits per heavy atom. The molecule has 4 heteroatoms. The van der Waals surface area contributed by atoms with E-state index in [9.17, 15) is 5.11 Å². The Bertz CT molecular complexity index is 857. The average molecular weight is 347 g/mol. The molecule has 1 unspecified atom stereocenters. The number of aromatic hydroxyl groups is 1. The van der Waals surface area contributed by atoms with E-state index < -0.39 is 0 Å². The predicted octanol–water partition coefficient (Wildman–Crippen LogP) is 4.00. The molecule has 3 aromatic rings. The number of phenolic OH excluding ortho intramolecular Hbond substituents is 1. The van der Waals surface area contributed by atoms with E-state index in [1.54, 1.807) is 6.07 Å². The molecule has 4 nitrogen and oxygen atoms in total. The van der Waals surface area contributed by atoms with E-state index in [0.717, 1.165) is 50.0 Å². The second kappa shape index (κ2) is 7.75. The van der Waals surface area contributed by atoms with Crippen LogP contribution < -0.4 is 5.32 Å². The molecule has 0 aliphatic heterocycles. The number of rotatable bonds is 6. The Hall–Kier alpha value is -2.59. The lowest BCUT2D eigenvalue weighted by atomic mass is 9.87. The number of benzene rings is 2. The number of fused-ring (bicyclic) bond motifs is 1. The SMILES string of the molecule is Oc1cccc2c1CCCC2NCc1ccn(CCc2ccccc2)n1. The summed E-state index contributed by atoms with van der Waals surface area (Å²) in [5.41, 5.74) is 4.73. The van der Waals surface area contributed by atoms with Crippen molar-refractivity contribution in [2.45, 2.75) is 44.8 Å². The number of aromatic nitrogens is 2. The summed E-state index contributed by atoms with van der Waals surface area (Å²) in [4.78, 5) is 0. The van der Waals surface area contributed by atoms with Crippen LogP contribution in [-0.4, -0.2) is 14.9 Å². The zero-order chi connectivity index (χ0) is 17.8. The molecule has 1 heterocycles. The monoisotopic (exact) mass is 347 g/mol. The summed E-state index contributed by atoms with van der Waals surface area (Å²) in [5.74, 6) is 0.430. The van der Waals surface area contributed by atoms with E-state index in [1.165, 1.54) is 11.1 Å². The molecule has 134 valence electrons. The first-order chi connectivity index (χ1) is 12.8. The zero-order valence-electron chi connectivity index (χ0n) is 14.9. The number of hydrogen-bond acceptors (Lipinski definition) is 3. The molecule has 0 fully saturated rings. The molecule has 0 radical (unpaired) electrons. The minimum Gasteiger partial charge on any atom is -0.508 e. The van der Waals surface area contributed by atoms with Crippen molar-refractivity contribution in [3.8, 4) is 5.75 Å². The van der Waals surface area contributed by atoms with Crippen LogP contribution in [0.15, 0.2) is 60.8 Å². The molecule has 4 rings (SSSR count). The molecule has 1 aliphatic carbocycles. The number of phenols is 1. The van der Waals surface area contributed by atoms with Gasteiger partial charge in [0.05, 0.1) is 5.69 Å². The number of aryl methyl sites for hydroxylation is 2. The van der Waals surface area contributed by atoms with E-state index >= 15 is 0 Å². The van der Waals surface area contributed by atoms with Crippen LogP contribution in [0.2, 0.25) is 0 Å². The highest BCUT2D eigenvalue weighted by Gasteiger charge is 2.21. The maximum Gasteiger partial charge on any atom is 0.119 e. The molecule has 1 atom stereocenters. The molecule has 0 bridgehead atoms. The van der Waals surface area contributed by atoms with Crippen LogP contribution in [0.3, 0.4) is 0 Å². The van der Waals surface area contributed by atoms with Gasteiger partial charge in [0.2, 0.25) is 0 Å². The number of hydrogen-bond donors (Lipinski definition) is 2. The lowest BCUT2D eigenvalue weighted by Crippen LogP contribution is -2.25. The number of nitrogens with zero attached hydrogens (tertiary/aromatic N) is 2. The fourth-order valence-electron chi connectivity index (χ4n) is 3.78. The Balaban J connectivity index is 1.35. The van der Waals surface area contributed by atoms with E-state index in [1.807, 2.05) is 16.8 Å². The lowest BCUT2D eigenvalue weighted by molar-refractivity contribution is 0.427. The van der Waals surface area contributed by atoms with E-state index in [0.29, 0.717) is 11.8 Å².